The summed E-state index contributed by atoms with van der Waals surface area (Å²) < 4.78 is 0. The van der Waals surface area contributed by atoms with E-state index in [0.29, 0.717) is 13.1 Å². The van der Waals surface area contributed by atoms with E-state index in [9.17, 15) is 9.90 Å². The molecule has 0 aromatic heterocycles. The van der Waals surface area contributed by atoms with Gasteiger partial charge in [0.2, 0.25) is 5.91 Å². The lowest BCUT2D eigenvalue weighted by molar-refractivity contribution is -0.136. The molecule has 3 heteroatoms. The summed E-state index contributed by atoms with van der Waals surface area (Å²) in [7, 11) is 0. The monoisotopic (exact) mass is 235 g/mol. The second-order valence-electron chi connectivity index (χ2n) is 4.71. The number of carbonyl (C=O) groups excluding carboxylic acids is 1. The summed E-state index contributed by atoms with van der Waals surface area (Å²) in [5.41, 5.74) is 1.09. The molecule has 1 amide bonds. The van der Waals surface area contributed by atoms with Gasteiger partial charge in [-0.3, -0.25) is 4.79 Å². The minimum absolute atomic E-state index is 0.0440. The predicted octanol–water partition coefficient (Wildman–Crippen LogP) is 2.05. The van der Waals surface area contributed by atoms with E-state index in [2.05, 4.69) is 0 Å². The van der Waals surface area contributed by atoms with Crippen molar-refractivity contribution in [3.05, 3.63) is 35.9 Å². The van der Waals surface area contributed by atoms with Gasteiger partial charge in [-0.15, -0.1) is 0 Å². The summed E-state index contributed by atoms with van der Waals surface area (Å²) >= 11 is 0. The van der Waals surface area contributed by atoms with Crippen molar-refractivity contribution in [1.29, 1.82) is 0 Å². The highest BCUT2D eigenvalue weighted by Gasteiger charge is 2.18. The second-order valence-corrected chi connectivity index (χ2v) is 4.71. The van der Waals surface area contributed by atoms with E-state index in [1.54, 1.807) is 11.8 Å². The zero-order valence-electron chi connectivity index (χ0n) is 10.8. The maximum atomic E-state index is 12.0. The molecule has 94 valence electrons. The van der Waals surface area contributed by atoms with Crippen molar-refractivity contribution >= 4 is 5.91 Å². The summed E-state index contributed by atoms with van der Waals surface area (Å²) in [4.78, 5) is 13.7. The van der Waals surface area contributed by atoms with Crippen molar-refractivity contribution in [3.63, 3.8) is 0 Å². The zero-order chi connectivity index (χ0) is 12.8. The fraction of sp³-hybridized carbons (Fsp3) is 0.500. The SMILES string of the molecule is CC(C)C(=O)N(Cc1ccccc1)C[C@@H](C)O. The van der Waals surface area contributed by atoms with Gasteiger partial charge in [0.15, 0.2) is 0 Å². The molecule has 0 fully saturated rings. The lowest BCUT2D eigenvalue weighted by Crippen LogP contribution is -2.38. The third-order valence-electron chi connectivity index (χ3n) is 2.51. The van der Waals surface area contributed by atoms with Crippen LogP contribution >= 0.6 is 0 Å². The summed E-state index contributed by atoms with van der Waals surface area (Å²) in [6.45, 7) is 6.39. The number of carbonyl (C=O) groups is 1. The Morgan fingerprint density at radius 3 is 2.29 bits per heavy atom. The summed E-state index contributed by atoms with van der Waals surface area (Å²) in [6, 6.07) is 9.84. The van der Waals surface area contributed by atoms with Crippen molar-refractivity contribution in [2.24, 2.45) is 5.92 Å². The van der Waals surface area contributed by atoms with Crippen LogP contribution in [-0.4, -0.2) is 28.6 Å². The Kier molecular flexibility index (Phi) is 5.16. The van der Waals surface area contributed by atoms with E-state index in [4.69, 9.17) is 0 Å². The molecular weight excluding hydrogens is 214 g/mol. The van der Waals surface area contributed by atoms with Crippen LogP contribution in [0.2, 0.25) is 0 Å². The van der Waals surface area contributed by atoms with Gasteiger partial charge in [0.05, 0.1) is 6.10 Å². The Labute approximate surface area is 103 Å². The van der Waals surface area contributed by atoms with E-state index in [1.807, 2.05) is 44.2 Å². The first-order valence-corrected chi connectivity index (χ1v) is 6.01. The fourth-order valence-electron chi connectivity index (χ4n) is 1.72. The van der Waals surface area contributed by atoms with Crippen LogP contribution in [0.4, 0.5) is 0 Å². The quantitative estimate of drug-likeness (QED) is 0.848. The third kappa shape index (κ3) is 4.57. The first-order chi connectivity index (χ1) is 8.00. The van der Waals surface area contributed by atoms with E-state index >= 15 is 0 Å². The summed E-state index contributed by atoms with van der Waals surface area (Å²) in [5, 5.41) is 9.44. The smallest absolute Gasteiger partial charge is 0.225 e. The molecule has 0 aliphatic heterocycles. The Morgan fingerprint density at radius 2 is 1.82 bits per heavy atom. The fourth-order valence-corrected chi connectivity index (χ4v) is 1.72. The molecule has 17 heavy (non-hydrogen) atoms. The van der Waals surface area contributed by atoms with E-state index in [1.165, 1.54) is 0 Å². The Morgan fingerprint density at radius 1 is 1.24 bits per heavy atom. The predicted molar refractivity (Wildman–Crippen MR) is 68.4 cm³/mol. The van der Waals surface area contributed by atoms with Gasteiger partial charge in [0.25, 0.3) is 0 Å². The van der Waals surface area contributed by atoms with Crippen molar-refractivity contribution in [1.82, 2.24) is 4.90 Å². The number of nitrogens with zero attached hydrogens (tertiary/aromatic N) is 1. The highest BCUT2D eigenvalue weighted by Crippen LogP contribution is 2.09. The number of aliphatic hydroxyl groups is 1. The van der Waals surface area contributed by atoms with Crippen LogP contribution in [0, 0.1) is 5.92 Å². The number of hydrogen-bond donors (Lipinski definition) is 1. The Hall–Kier alpha value is -1.35. The molecule has 1 aromatic rings. The van der Waals surface area contributed by atoms with Crippen LogP contribution in [0.3, 0.4) is 0 Å². The molecule has 0 bridgehead atoms. The van der Waals surface area contributed by atoms with Gasteiger partial charge in [-0.2, -0.15) is 0 Å². The molecule has 3 nitrogen and oxygen atoms in total. The summed E-state index contributed by atoms with van der Waals surface area (Å²) in [5.74, 6) is 0.0345. The molecule has 0 aliphatic rings. The van der Waals surface area contributed by atoms with Gasteiger partial charge >= 0.3 is 0 Å². The van der Waals surface area contributed by atoms with Gasteiger partial charge in [-0.05, 0) is 12.5 Å². The lowest BCUT2D eigenvalue weighted by atomic mass is 10.1. The molecule has 0 heterocycles. The maximum absolute atomic E-state index is 12.0. The van der Waals surface area contributed by atoms with Gasteiger partial charge in [0, 0.05) is 19.0 Å². The molecule has 1 rings (SSSR count). The van der Waals surface area contributed by atoms with Gasteiger partial charge < -0.3 is 10.0 Å². The Balaban J connectivity index is 2.74. The number of hydrogen-bond acceptors (Lipinski definition) is 2. The molecular formula is C14H21NO2. The number of amides is 1. The Bertz CT molecular complexity index is 346. The third-order valence-corrected chi connectivity index (χ3v) is 2.51. The van der Waals surface area contributed by atoms with E-state index in [-0.39, 0.29) is 11.8 Å². The second kappa shape index (κ2) is 6.40. The molecule has 0 unspecified atom stereocenters. The first-order valence-electron chi connectivity index (χ1n) is 6.01. The molecule has 0 saturated carbocycles. The highest BCUT2D eigenvalue weighted by molar-refractivity contribution is 5.78. The van der Waals surface area contributed by atoms with Crippen molar-refractivity contribution in [3.8, 4) is 0 Å². The maximum Gasteiger partial charge on any atom is 0.225 e. The minimum atomic E-state index is -0.499. The van der Waals surface area contributed by atoms with Crippen molar-refractivity contribution < 1.29 is 9.90 Å². The van der Waals surface area contributed by atoms with Crippen LogP contribution < -0.4 is 0 Å². The van der Waals surface area contributed by atoms with E-state index in [0.717, 1.165) is 5.56 Å². The largest absolute Gasteiger partial charge is 0.392 e. The topological polar surface area (TPSA) is 40.5 Å². The van der Waals surface area contributed by atoms with Crippen LogP contribution in [-0.2, 0) is 11.3 Å². The molecule has 0 aliphatic carbocycles. The van der Waals surface area contributed by atoms with Crippen molar-refractivity contribution in [2.75, 3.05) is 6.54 Å². The average molecular weight is 235 g/mol. The minimum Gasteiger partial charge on any atom is -0.392 e. The van der Waals surface area contributed by atoms with Crippen LogP contribution in [0.1, 0.15) is 26.3 Å². The number of benzene rings is 1. The summed E-state index contributed by atoms with van der Waals surface area (Å²) in [6.07, 6.45) is -0.499. The van der Waals surface area contributed by atoms with Gasteiger partial charge in [-0.1, -0.05) is 44.2 Å². The molecule has 0 saturated heterocycles. The lowest BCUT2D eigenvalue weighted by Gasteiger charge is -2.26. The molecule has 0 spiro atoms. The highest BCUT2D eigenvalue weighted by atomic mass is 16.3. The number of rotatable bonds is 5. The van der Waals surface area contributed by atoms with Gasteiger partial charge in [-0.25, -0.2) is 0 Å². The first kappa shape index (κ1) is 13.7. The molecule has 1 aromatic carbocycles. The molecule has 1 atom stereocenters. The van der Waals surface area contributed by atoms with E-state index < -0.39 is 6.10 Å². The standard InChI is InChI=1S/C14H21NO2/c1-11(2)14(17)15(9-12(3)16)10-13-7-5-4-6-8-13/h4-8,11-12,16H,9-10H2,1-3H3/t12-/m1/s1. The van der Waals surface area contributed by atoms with Crippen LogP contribution in [0.25, 0.3) is 0 Å². The average Bonchev–Trinajstić information content (AvgIpc) is 2.28. The molecule has 1 N–H and O–H groups in total. The zero-order valence-corrected chi connectivity index (χ0v) is 10.8. The van der Waals surface area contributed by atoms with Crippen LogP contribution in [0.15, 0.2) is 30.3 Å². The number of aliphatic hydroxyl groups excluding tert-OH is 1. The molecule has 0 radical (unpaired) electrons. The van der Waals surface area contributed by atoms with Gasteiger partial charge in [0.1, 0.15) is 0 Å². The van der Waals surface area contributed by atoms with Crippen molar-refractivity contribution in [2.45, 2.75) is 33.4 Å². The normalized spacial score (nSPS) is 12.5. The van der Waals surface area contributed by atoms with Crippen LogP contribution in [0.5, 0.6) is 0 Å².